The van der Waals surface area contributed by atoms with Crippen molar-refractivity contribution in [2.24, 2.45) is 0 Å². The van der Waals surface area contributed by atoms with Crippen molar-refractivity contribution in [2.75, 3.05) is 0 Å². The third-order valence-corrected chi connectivity index (χ3v) is 5.35. The normalized spacial score (nSPS) is 11.0. The first kappa shape index (κ1) is 24.0. The van der Waals surface area contributed by atoms with Gasteiger partial charge in [-0.1, -0.05) is 23.7 Å². The van der Waals surface area contributed by atoms with E-state index in [0.717, 1.165) is 0 Å². The van der Waals surface area contributed by atoms with Gasteiger partial charge in [-0.15, -0.1) is 0 Å². The first-order valence-corrected chi connectivity index (χ1v) is 10.6. The molecule has 0 radical (unpaired) electrons. The molecule has 8 heteroatoms. The fourth-order valence-electron chi connectivity index (χ4n) is 3.57. The van der Waals surface area contributed by atoms with Crippen LogP contribution in [0, 0.1) is 29.6 Å². The topological polar surface area (TPSA) is 112 Å². The van der Waals surface area contributed by atoms with E-state index in [1.165, 1.54) is 0 Å². The average Bonchev–Trinajstić information content (AvgIpc) is 3.05. The second kappa shape index (κ2) is 9.46. The number of aromatic nitrogens is 2. The van der Waals surface area contributed by atoms with E-state index in [1.54, 1.807) is 61.9 Å². The maximum Gasteiger partial charge on any atom is 0.342 e. The van der Waals surface area contributed by atoms with E-state index < -0.39 is 11.6 Å². The Morgan fingerprint density at radius 1 is 1.21 bits per heavy atom. The maximum atomic E-state index is 13.2. The van der Waals surface area contributed by atoms with Gasteiger partial charge in [0.1, 0.15) is 28.1 Å². The van der Waals surface area contributed by atoms with Gasteiger partial charge in [-0.05, 0) is 57.0 Å². The van der Waals surface area contributed by atoms with Crippen LogP contribution in [-0.4, -0.2) is 26.2 Å². The Kier molecular flexibility index (Phi) is 6.88. The van der Waals surface area contributed by atoms with Gasteiger partial charge in [-0.25, -0.2) is 9.78 Å². The molecule has 0 fully saturated rings. The third kappa shape index (κ3) is 5.06. The molecule has 0 aliphatic rings. The Balaban J connectivity index is 2.23. The zero-order valence-corrected chi connectivity index (χ0v) is 19.6. The Bertz CT molecular complexity index is 1290. The first-order chi connectivity index (χ1) is 15.6. The molecule has 2 heterocycles. The largest absolute Gasteiger partial charge is 0.456 e. The standard InChI is InChI=1S/C25H23ClN4O3/c1-15-21(18-7-5-16(10-27)6-8-18)22(24(32)33-25(2,3)4)20(11-28)30(15)13-17-9-19(14-31)23(26)29-12-17/h5-9,12,31H,13-14H2,1-4H3. The molecule has 3 aromatic rings. The molecule has 0 unspecified atom stereocenters. The van der Waals surface area contributed by atoms with Crippen molar-refractivity contribution in [3.63, 3.8) is 0 Å². The first-order valence-electron chi connectivity index (χ1n) is 10.2. The predicted octanol–water partition coefficient (Wildman–Crippen LogP) is 4.75. The number of hydrogen-bond donors (Lipinski definition) is 1. The number of halogens is 1. The summed E-state index contributed by atoms with van der Waals surface area (Å²) in [4.78, 5) is 17.3. The lowest BCUT2D eigenvalue weighted by Crippen LogP contribution is -2.24. The van der Waals surface area contributed by atoms with E-state index in [2.05, 4.69) is 17.1 Å². The molecule has 0 aliphatic carbocycles. The highest BCUT2D eigenvalue weighted by atomic mass is 35.5. The van der Waals surface area contributed by atoms with Gasteiger partial charge in [0, 0.05) is 23.0 Å². The van der Waals surface area contributed by atoms with E-state index in [-0.39, 0.29) is 29.6 Å². The van der Waals surface area contributed by atoms with Crippen molar-refractivity contribution >= 4 is 17.6 Å². The Labute approximate surface area is 197 Å². The quantitative estimate of drug-likeness (QED) is 0.432. The number of ether oxygens (including phenoxy) is 1. The molecule has 0 aliphatic heterocycles. The number of rotatable bonds is 5. The molecule has 33 heavy (non-hydrogen) atoms. The van der Waals surface area contributed by atoms with Crippen molar-refractivity contribution in [3.8, 4) is 23.3 Å². The summed E-state index contributed by atoms with van der Waals surface area (Å²) in [6.07, 6.45) is 1.57. The molecule has 1 N–H and O–H groups in total. The molecular formula is C25H23ClN4O3. The summed E-state index contributed by atoms with van der Waals surface area (Å²) in [6.45, 7) is 7.07. The highest BCUT2D eigenvalue weighted by molar-refractivity contribution is 6.30. The van der Waals surface area contributed by atoms with Gasteiger partial charge in [0.25, 0.3) is 0 Å². The zero-order valence-electron chi connectivity index (χ0n) is 18.8. The average molecular weight is 463 g/mol. The maximum absolute atomic E-state index is 13.2. The fraction of sp³-hybridized carbons (Fsp3) is 0.280. The molecule has 0 spiro atoms. The van der Waals surface area contributed by atoms with E-state index in [0.29, 0.717) is 33.5 Å². The molecule has 0 atom stereocenters. The minimum Gasteiger partial charge on any atom is -0.456 e. The second-order valence-electron chi connectivity index (χ2n) is 8.52. The number of pyridine rings is 1. The summed E-state index contributed by atoms with van der Waals surface area (Å²) in [7, 11) is 0. The summed E-state index contributed by atoms with van der Waals surface area (Å²) in [5, 5.41) is 28.9. The Morgan fingerprint density at radius 2 is 1.88 bits per heavy atom. The van der Waals surface area contributed by atoms with Gasteiger partial charge in [0.05, 0.1) is 24.8 Å². The fourth-order valence-corrected chi connectivity index (χ4v) is 3.73. The van der Waals surface area contributed by atoms with Crippen LogP contribution in [0.25, 0.3) is 11.1 Å². The van der Waals surface area contributed by atoms with Crippen molar-refractivity contribution in [1.29, 1.82) is 10.5 Å². The second-order valence-corrected chi connectivity index (χ2v) is 8.88. The lowest BCUT2D eigenvalue weighted by molar-refractivity contribution is 0.00700. The molecule has 3 rings (SSSR count). The van der Waals surface area contributed by atoms with Crippen molar-refractivity contribution in [1.82, 2.24) is 9.55 Å². The van der Waals surface area contributed by atoms with E-state index in [1.807, 2.05) is 6.92 Å². The molecule has 7 nitrogen and oxygen atoms in total. The summed E-state index contributed by atoms with van der Waals surface area (Å²) in [6, 6.07) is 12.8. The summed E-state index contributed by atoms with van der Waals surface area (Å²) < 4.78 is 7.35. The Hall–Kier alpha value is -3.65. The molecule has 0 saturated heterocycles. The van der Waals surface area contributed by atoms with E-state index in [4.69, 9.17) is 21.6 Å². The Morgan fingerprint density at radius 3 is 2.42 bits per heavy atom. The molecule has 0 saturated carbocycles. The SMILES string of the molecule is Cc1c(-c2ccc(C#N)cc2)c(C(=O)OC(C)(C)C)c(C#N)n1Cc1cnc(Cl)c(CO)c1. The number of benzene rings is 1. The monoisotopic (exact) mass is 462 g/mol. The smallest absolute Gasteiger partial charge is 0.342 e. The predicted molar refractivity (Wildman–Crippen MR) is 123 cm³/mol. The molecular weight excluding hydrogens is 440 g/mol. The van der Waals surface area contributed by atoms with E-state index in [9.17, 15) is 15.2 Å². The highest BCUT2D eigenvalue weighted by Crippen LogP contribution is 2.35. The summed E-state index contributed by atoms with van der Waals surface area (Å²) in [5.41, 5.74) is 3.16. The lowest BCUT2D eigenvalue weighted by Gasteiger charge is -2.20. The number of carbonyl (C=O) groups excluding carboxylic acids is 1. The van der Waals surface area contributed by atoms with Gasteiger partial charge in [0.15, 0.2) is 0 Å². The van der Waals surface area contributed by atoms with Crippen LogP contribution in [0.4, 0.5) is 0 Å². The van der Waals surface area contributed by atoms with Crippen LogP contribution in [-0.2, 0) is 17.9 Å². The van der Waals surface area contributed by atoms with Gasteiger partial charge >= 0.3 is 5.97 Å². The minimum atomic E-state index is -0.752. The van der Waals surface area contributed by atoms with Gasteiger partial charge in [0.2, 0.25) is 0 Å². The van der Waals surface area contributed by atoms with E-state index >= 15 is 0 Å². The van der Waals surface area contributed by atoms with Crippen LogP contribution in [0.15, 0.2) is 36.5 Å². The number of hydrogen-bond acceptors (Lipinski definition) is 6. The van der Waals surface area contributed by atoms with Crippen molar-refractivity contribution in [2.45, 2.75) is 46.4 Å². The highest BCUT2D eigenvalue weighted by Gasteiger charge is 2.30. The van der Waals surface area contributed by atoms with Crippen LogP contribution >= 0.6 is 11.6 Å². The summed E-state index contributed by atoms with van der Waals surface area (Å²) in [5.74, 6) is -0.606. The summed E-state index contributed by atoms with van der Waals surface area (Å²) >= 11 is 6.01. The third-order valence-electron chi connectivity index (χ3n) is 5.01. The van der Waals surface area contributed by atoms with Crippen LogP contribution in [0.5, 0.6) is 0 Å². The van der Waals surface area contributed by atoms with Gasteiger partial charge in [-0.3, -0.25) is 0 Å². The van der Waals surface area contributed by atoms with Crippen molar-refractivity contribution in [3.05, 3.63) is 75.3 Å². The number of esters is 1. The number of aliphatic hydroxyl groups is 1. The number of nitrogens with zero attached hydrogens (tertiary/aromatic N) is 4. The van der Waals surface area contributed by atoms with Crippen LogP contribution in [0.3, 0.4) is 0 Å². The lowest BCUT2D eigenvalue weighted by atomic mass is 9.99. The van der Waals surface area contributed by atoms with Crippen LogP contribution in [0.2, 0.25) is 5.15 Å². The molecule has 168 valence electrons. The molecule has 0 bridgehead atoms. The van der Waals surface area contributed by atoms with Crippen LogP contribution in [0.1, 0.15) is 59.2 Å². The minimum absolute atomic E-state index is 0.154. The van der Waals surface area contributed by atoms with Crippen molar-refractivity contribution < 1.29 is 14.6 Å². The molecule has 2 aromatic heterocycles. The zero-order chi connectivity index (χ0) is 24.3. The van der Waals surface area contributed by atoms with Gasteiger partial charge < -0.3 is 14.4 Å². The molecule has 1 aromatic carbocycles. The molecule has 0 amide bonds. The number of nitriles is 2. The number of carbonyl (C=O) groups is 1. The van der Waals surface area contributed by atoms with Crippen LogP contribution < -0.4 is 0 Å². The van der Waals surface area contributed by atoms with Gasteiger partial charge in [-0.2, -0.15) is 10.5 Å². The number of aliphatic hydroxyl groups excluding tert-OH is 1.